The van der Waals surface area contributed by atoms with Crippen LogP contribution in [0.4, 0.5) is 5.82 Å². The number of nitrogens with two attached hydrogens (primary N) is 1. The topological polar surface area (TPSA) is 80.5 Å². The molecule has 0 aliphatic rings. The third-order valence-electron chi connectivity index (χ3n) is 2.99. The Balaban J connectivity index is 1.94. The number of fused-ring (bicyclic) bond motifs is 1. The molecule has 0 saturated heterocycles. The molecule has 0 spiro atoms. The summed E-state index contributed by atoms with van der Waals surface area (Å²) in [5.41, 5.74) is 7.31. The SMILES string of the molecule is CC(Sc1nc(N)cc(Cl)n1)c1cc2c(Br)c[nH]c2c(Cl)n1. The van der Waals surface area contributed by atoms with Gasteiger partial charge in [-0.05, 0) is 28.9 Å². The molecule has 3 heterocycles. The van der Waals surface area contributed by atoms with Crippen molar-refractivity contribution in [1.82, 2.24) is 19.9 Å². The third-order valence-corrected chi connectivity index (χ3v) is 5.10. The molecule has 0 radical (unpaired) electrons. The van der Waals surface area contributed by atoms with Crippen LogP contribution in [0.25, 0.3) is 10.9 Å². The van der Waals surface area contributed by atoms with Gasteiger partial charge >= 0.3 is 0 Å². The first kappa shape index (κ1) is 15.9. The average Bonchev–Trinajstić information content (AvgIpc) is 2.80. The summed E-state index contributed by atoms with van der Waals surface area (Å²) < 4.78 is 0.938. The Hall–Kier alpha value is -1.02. The van der Waals surface area contributed by atoms with Gasteiger partial charge in [-0.3, -0.25) is 0 Å². The Kier molecular flexibility index (Phi) is 4.49. The summed E-state index contributed by atoms with van der Waals surface area (Å²) in [5.74, 6) is 0.338. The average molecular weight is 419 g/mol. The summed E-state index contributed by atoms with van der Waals surface area (Å²) in [5, 5.41) is 2.22. The lowest BCUT2D eigenvalue weighted by Crippen LogP contribution is -1.98. The lowest BCUT2D eigenvalue weighted by molar-refractivity contribution is 0.947. The van der Waals surface area contributed by atoms with Gasteiger partial charge in [0.1, 0.15) is 11.0 Å². The quantitative estimate of drug-likeness (QED) is 0.275. The molecule has 22 heavy (non-hydrogen) atoms. The Labute approximate surface area is 149 Å². The number of halogens is 3. The fraction of sp³-hybridized carbons (Fsp3) is 0.154. The molecule has 9 heteroatoms. The van der Waals surface area contributed by atoms with E-state index in [1.54, 1.807) is 0 Å². The van der Waals surface area contributed by atoms with Crippen LogP contribution in [0.1, 0.15) is 17.9 Å². The second-order valence-electron chi connectivity index (χ2n) is 4.56. The van der Waals surface area contributed by atoms with Gasteiger partial charge in [0.05, 0.1) is 16.5 Å². The number of nitrogens with one attached hydrogen (secondary N) is 1. The van der Waals surface area contributed by atoms with Crippen molar-refractivity contribution in [3.05, 3.63) is 38.8 Å². The number of aromatic nitrogens is 4. The van der Waals surface area contributed by atoms with E-state index in [1.807, 2.05) is 19.2 Å². The molecule has 0 aliphatic heterocycles. The zero-order chi connectivity index (χ0) is 15.9. The molecule has 0 amide bonds. The zero-order valence-electron chi connectivity index (χ0n) is 11.3. The smallest absolute Gasteiger partial charge is 0.191 e. The maximum Gasteiger partial charge on any atom is 0.191 e. The van der Waals surface area contributed by atoms with Crippen molar-refractivity contribution in [3.8, 4) is 0 Å². The van der Waals surface area contributed by atoms with E-state index < -0.39 is 0 Å². The molecule has 3 aromatic heterocycles. The number of nitrogens with zero attached hydrogens (tertiary/aromatic N) is 3. The van der Waals surface area contributed by atoms with Gasteiger partial charge in [-0.1, -0.05) is 35.0 Å². The molecule has 3 rings (SSSR count). The predicted octanol–water partition coefficient (Wildman–Crippen LogP) is 4.86. The highest BCUT2D eigenvalue weighted by molar-refractivity contribution is 9.10. The van der Waals surface area contributed by atoms with Gasteiger partial charge in [0.2, 0.25) is 0 Å². The van der Waals surface area contributed by atoms with Crippen molar-refractivity contribution in [3.63, 3.8) is 0 Å². The van der Waals surface area contributed by atoms with Crippen LogP contribution < -0.4 is 5.73 Å². The third kappa shape index (κ3) is 3.17. The molecule has 1 unspecified atom stereocenters. The number of nitrogen functional groups attached to an aromatic ring is 1. The van der Waals surface area contributed by atoms with Crippen molar-refractivity contribution >= 4 is 67.6 Å². The van der Waals surface area contributed by atoms with E-state index >= 15 is 0 Å². The molecular weight excluding hydrogens is 409 g/mol. The molecule has 5 nitrogen and oxygen atoms in total. The second-order valence-corrected chi connectivity index (χ2v) is 7.46. The lowest BCUT2D eigenvalue weighted by Gasteiger charge is -2.11. The molecule has 0 aromatic carbocycles. The van der Waals surface area contributed by atoms with Crippen LogP contribution in [0.15, 0.2) is 28.0 Å². The summed E-state index contributed by atoms with van der Waals surface area (Å²) in [6.07, 6.45) is 1.83. The van der Waals surface area contributed by atoms with Crippen LogP contribution in [-0.4, -0.2) is 19.9 Å². The van der Waals surface area contributed by atoms with Gasteiger partial charge in [-0.25, -0.2) is 15.0 Å². The Morgan fingerprint density at radius 3 is 2.77 bits per heavy atom. The second kappa shape index (κ2) is 6.23. The van der Waals surface area contributed by atoms with E-state index in [0.29, 0.717) is 21.3 Å². The maximum atomic E-state index is 6.23. The maximum absolute atomic E-state index is 6.23. The van der Waals surface area contributed by atoms with E-state index in [4.69, 9.17) is 28.9 Å². The highest BCUT2D eigenvalue weighted by atomic mass is 79.9. The first-order chi connectivity index (χ1) is 10.4. The molecule has 3 N–H and O–H groups in total. The fourth-order valence-corrected chi connectivity index (χ4v) is 3.75. The molecule has 0 fully saturated rings. The summed E-state index contributed by atoms with van der Waals surface area (Å²) >= 11 is 17.0. The van der Waals surface area contributed by atoms with Gasteiger partial charge in [0.15, 0.2) is 10.3 Å². The van der Waals surface area contributed by atoms with Crippen LogP contribution in [0.3, 0.4) is 0 Å². The van der Waals surface area contributed by atoms with Crippen molar-refractivity contribution in [2.45, 2.75) is 17.3 Å². The van der Waals surface area contributed by atoms with Gasteiger partial charge < -0.3 is 10.7 Å². The molecule has 0 saturated carbocycles. The predicted molar refractivity (Wildman–Crippen MR) is 94.5 cm³/mol. The highest BCUT2D eigenvalue weighted by Gasteiger charge is 2.16. The van der Waals surface area contributed by atoms with Crippen molar-refractivity contribution < 1.29 is 0 Å². The monoisotopic (exact) mass is 417 g/mol. The minimum absolute atomic E-state index is 0.0124. The molecule has 3 aromatic rings. The Bertz CT molecular complexity index is 834. The van der Waals surface area contributed by atoms with Crippen LogP contribution in [-0.2, 0) is 0 Å². The van der Waals surface area contributed by atoms with Crippen LogP contribution >= 0.6 is 50.9 Å². The van der Waals surface area contributed by atoms with E-state index in [2.05, 4.69) is 35.9 Å². The number of anilines is 1. The molecule has 114 valence electrons. The van der Waals surface area contributed by atoms with Gasteiger partial charge in [0.25, 0.3) is 0 Å². The van der Waals surface area contributed by atoms with E-state index in [1.165, 1.54) is 17.8 Å². The van der Waals surface area contributed by atoms with Crippen molar-refractivity contribution in [1.29, 1.82) is 0 Å². The minimum Gasteiger partial charge on any atom is -0.384 e. The first-order valence-corrected chi connectivity index (χ1v) is 8.66. The first-order valence-electron chi connectivity index (χ1n) is 6.24. The van der Waals surface area contributed by atoms with Gasteiger partial charge in [0, 0.05) is 22.1 Å². The van der Waals surface area contributed by atoms with Crippen molar-refractivity contribution in [2.24, 2.45) is 0 Å². The highest BCUT2D eigenvalue weighted by Crippen LogP contribution is 2.36. The van der Waals surface area contributed by atoms with Crippen LogP contribution in [0, 0.1) is 0 Å². The molecular formula is C13H10BrCl2N5S. The number of H-pyrrole nitrogens is 1. The van der Waals surface area contributed by atoms with E-state index in [0.717, 1.165) is 21.1 Å². The van der Waals surface area contributed by atoms with E-state index in [-0.39, 0.29) is 5.25 Å². The van der Waals surface area contributed by atoms with Gasteiger partial charge in [-0.2, -0.15) is 0 Å². The van der Waals surface area contributed by atoms with Crippen molar-refractivity contribution in [2.75, 3.05) is 5.73 Å². The summed E-state index contributed by atoms with van der Waals surface area (Å²) in [7, 11) is 0. The largest absolute Gasteiger partial charge is 0.384 e. The Morgan fingerprint density at radius 1 is 1.27 bits per heavy atom. The summed E-state index contributed by atoms with van der Waals surface area (Å²) in [6.45, 7) is 2.00. The van der Waals surface area contributed by atoms with Crippen LogP contribution in [0.5, 0.6) is 0 Å². The minimum atomic E-state index is -0.0124. The van der Waals surface area contributed by atoms with Crippen LogP contribution in [0.2, 0.25) is 10.3 Å². The number of pyridine rings is 1. The molecule has 0 bridgehead atoms. The number of aromatic amines is 1. The number of hydrogen-bond donors (Lipinski definition) is 2. The summed E-state index contributed by atoms with van der Waals surface area (Å²) in [6, 6.07) is 3.49. The lowest BCUT2D eigenvalue weighted by atomic mass is 10.2. The zero-order valence-corrected chi connectivity index (χ0v) is 15.2. The number of rotatable bonds is 3. The van der Waals surface area contributed by atoms with E-state index in [9.17, 15) is 0 Å². The standard InChI is InChI=1S/C13H10BrCl2N5S/c1-5(22-13-20-9(15)3-10(17)21-13)8-2-6-7(14)4-18-11(6)12(16)19-8/h2-5,18H,1H3,(H2,17,20,21). The van der Waals surface area contributed by atoms with Gasteiger partial charge in [-0.15, -0.1) is 0 Å². The number of hydrogen-bond acceptors (Lipinski definition) is 5. The fourth-order valence-electron chi connectivity index (χ4n) is 1.96. The summed E-state index contributed by atoms with van der Waals surface area (Å²) in [4.78, 5) is 15.8. The molecule has 1 atom stereocenters. The normalized spacial score (nSPS) is 12.7. The Morgan fingerprint density at radius 2 is 2.05 bits per heavy atom. The number of thioether (sulfide) groups is 1. The molecule has 0 aliphatic carbocycles.